The smallest absolute Gasteiger partial charge is 0.408 e. The number of rotatable bonds is 5. The minimum absolute atomic E-state index is 0.147. The van der Waals surface area contributed by atoms with Crippen molar-refractivity contribution in [2.45, 2.75) is 26.5 Å². The van der Waals surface area contributed by atoms with E-state index in [1.807, 2.05) is 43.3 Å². The summed E-state index contributed by atoms with van der Waals surface area (Å²) in [7, 11) is 0. The summed E-state index contributed by atoms with van der Waals surface area (Å²) in [5, 5.41) is 5.76. The Labute approximate surface area is 146 Å². The molecule has 5 nitrogen and oxygen atoms in total. The van der Waals surface area contributed by atoms with Gasteiger partial charge in [0.05, 0.1) is 0 Å². The highest BCUT2D eigenvalue weighted by Gasteiger charge is 2.17. The first-order chi connectivity index (χ1) is 11.5. The van der Waals surface area contributed by atoms with E-state index in [0.29, 0.717) is 10.7 Å². The largest absolute Gasteiger partial charge is 0.445 e. The molecule has 0 aliphatic heterocycles. The maximum absolute atomic E-state index is 12.2. The Morgan fingerprint density at radius 3 is 2.58 bits per heavy atom. The number of carbonyl (C=O) groups is 2. The molecule has 126 valence electrons. The molecule has 0 radical (unpaired) electrons. The fourth-order valence-electron chi connectivity index (χ4n) is 1.98. The van der Waals surface area contributed by atoms with Crippen LogP contribution in [0.4, 0.5) is 10.5 Å². The van der Waals surface area contributed by atoms with Crippen LogP contribution in [0, 0.1) is 6.92 Å². The van der Waals surface area contributed by atoms with Crippen molar-refractivity contribution in [1.82, 2.24) is 5.32 Å². The number of hydrogen-bond donors (Lipinski definition) is 2. The third-order valence-electron chi connectivity index (χ3n) is 3.40. The van der Waals surface area contributed by atoms with Gasteiger partial charge in [-0.3, -0.25) is 4.79 Å². The van der Waals surface area contributed by atoms with Crippen LogP contribution in [0.15, 0.2) is 48.5 Å². The molecule has 0 aromatic heterocycles. The molecule has 2 amide bonds. The summed E-state index contributed by atoms with van der Waals surface area (Å²) < 4.78 is 5.09. The summed E-state index contributed by atoms with van der Waals surface area (Å²) in [6.45, 7) is 3.59. The van der Waals surface area contributed by atoms with Gasteiger partial charge in [0.25, 0.3) is 0 Å². The molecule has 1 atom stereocenters. The van der Waals surface area contributed by atoms with E-state index in [2.05, 4.69) is 10.6 Å². The average molecular weight is 347 g/mol. The van der Waals surface area contributed by atoms with Gasteiger partial charge in [-0.1, -0.05) is 48.0 Å². The van der Waals surface area contributed by atoms with Gasteiger partial charge in [-0.25, -0.2) is 4.79 Å². The average Bonchev–Trinajstić information content (AvgIpc) is 2.57. The van der Waals surface area contributed by atoms with Gasteiger partial charge in [-0.2, -0.15) is 0 Å². The van der Waals surface area contributed by atoms with E-state index < -0.39 is 12.1 Å². The van der Waals surface area contributed by atoms with Gasteiger partial charge < -0.3 is 15.4 Å². The van der Waals surface area contributed by atoms with Crippen molar-refractivity contribution in [2.24, 2.45) is 0 Å². The van der Waals surface area contributed by atoms with E-state index in [9.17, 15) is 9.59 Å². The number of hydrogen-bond acceptors (Lipinski definition) is 3. The van der Waals surface area contributed by atoms with E-state index in [1.54, 1.807) is 19.1 Å². The second kappa shape index (κ2) is 8.36. The molecule has 2 aromatic carbocycles. The molecular weight excluding hydrogens is 328 g/mol. The standard InChI is InChI=1S/C18H19ClN2O3/c1-12-8-9-15(19)10-16(12)21-17(22)13(2)20-18(23)24-11-14-6-4-3-5-7-14/h3-10,13H,11H2,1-2H3,(H,20,23)(H,21,22)/t13-/m0/s1. The number of aryl methyl sites for hydroxylation is 1. The predicted molar refractivity (Wildman–Crippen MR) is 94.0 cm³/mol. The summed E-state index contributed by atoms with van der Waals surface area (Å²) in [5.41, 5.74) is 2.37. The zero-order valence-electron chi connectivity index (χ0n) is 13.5. The number of nitrogens with one attached hydrogen (secondary N) is 2. The van der Waals surface area contributed by atoms with Gasteiger partial charge in [0, 0.05) is 10.7 Å². The van der Waals surface area contributed by atoms with Crippen LogP contribution in [0.25, 0.3) is 0 Å². The molecule has 0 bridgehead atoms. The maximum atomic E-state index is 12.2. The molecule has 24 heavy (non-hydrogen) atoms. The van der Waals surface area contributed by atoms with Crippen LogP contribution in [0.2, 0.25) is 5.02 Å². The Bertz CT molecular complexity index is 719. The second-order valence-electron chi connectivity index (χ2n) is 5.38. The van der Waals surface area contributed by atoms with Crippen molar-refractivity contribution in [3.63, 3.8) is 0 Å². The Morgan fingerprint density at radius 2 is 1.88 bits per heavy atom. The Hall–Kier alpha value is -2.53. The topological polar surface area (TPSA) is 67.4 Å². The zero-order chi connectivity index (χ0) is 17.5. The van der Waals surface area contributed by atoms with E-state index in [-0.39, 0.29) is 12.5 Å². The number of amides is 2. The SMILES string of the molecule is Cc1ccc(Cl)cc1NC(=O)[C@H](C)NC(=O)OCc1ccccc1. The van der Waals surface area contributed by atoms with Crippen molar-refractivity contribution in [3.05, 3.63) is 64.7 Å². The maximum Gasteiger partial charge on any atom is 0.408 e. The number of ether oxygens (including phenoxy) is 1. The third-order valence-corrected chi connectivity index (χ3v) is 3.63. The highest BCUT2D eigenvalue weighted by atomic mass is 35.5. The molecule has 2 rings (SSSR count). The minimum atomic E-state index is -0.744. The molecule has 0 fully saturated rings. The summed E-state index contributed by atoms with van der Waals surface area (Å²) in [4.78, 5) is 23.9. The van der Waals surface area contributed by atoms with E-state index in [4.69, 9.17) is 16.3 Å². The van der Waals surface area contributed by atoms with E-state index in [0.717, 1.165) is 11.1 Å². The van der Waals surface area contributed by atoms with Crippen LogP contribution < -0.4 is 10.6 Å². The lowest BCUT2D eigenvalue weighted by Crippen LogP contribution is -2.41. The highest BCUT2D eigenvalue weighted by Crippen LogP contribution is 2.20. The van der Waals surface area contributed by atoms with Gasteiger partial charge in [-0.05, 0) is 37.1 Å². The zero-order valence-corrected chi connectivity index (χ0v) is 14.3. The van der Waals surface area contributed by atoms with Crippen molar-refractivity contribution in [2.75, 3.05) is 5.32 Å². The predicted octanol–water partition coefficient (Wildman–Crippen LogP) is 3.90. The van der Waals surface area contributed by atoms with Gasteiger partial charge >= 0.3 is 6.09 Å². The minimum Gasteiger partial charge on any atom is -0.445 e. The molecule has 2 N–H and O–H groups in total. The number of benzene rings is 2. The molecule has 0 aliphatic carbocycles. The molecule has 6 heteroatoms. The summed E-state index contributed by atoms with van der Waals surface area (Å²) in [5.74, 6) is -0.350. The fourth-order valence-corrected chi connectivity index (χ4v) is 2.15. The molecule has 0 heterocycles. The van der Waals surface area contributed by atoms with Crippen molar-refractivity contribution in [1.29, 1.82) is 0 Å². The van der Waals surface area contributed by atoms with E-state index in [1.165, 1.54) is 0 Å². The third kappa shape index (κ3) is 5.28. The highest BCUT2D eigenvalue weighted by molar-refractivity contribution is 6.31. The number of carbonyl (C=O) groups excluding carboxylic acids is 2. The van der Waals surface area contributed by atoms with Crippen molar-refractivity contribution >= 4 is 29.3 Å². The fraction of sp³-hybridized carbons (Fsp3) is 0.222. The van der Waals surface area contributed by atoms with Gasteiger partial charge in [0.1, 0.15) is 12.6 Å². The lowest BCUT2D eigenvalue weighted by Gasteiger charge is -2.15. The van der Waals surface area contributed by atoms with Crippen LogP contribution >= 0.6 is 11.6 Å². The van der Waals surface area contributed by atoms with E-state index >= 15 is 0 Å². The molecule has 0 saturated heterocycles. The summed E-state index contributed by atoms with van der Waals surface area (Å²) in [6, 6.07) is 13.8. The molecule has 2 aromatic rings. The lowest BCUT2D eigenvalue weighted by atomic mass is 10.2. The first-order valence-electron chi connectivity index (χ1n) is 7.50. The second-order valence-corrected chi connectivity index (χ2v) is 5.81. The molecular formula is C18H19ClN2O3. The van der Waals surface area contributed by atoms with Crippen molar-refractivity contribution < 1.29 is 14.3 Å². The Kier molecular flexibility index (Phi) is 6.21. The number of alkyl carbamates (subject to hydrolysis) is 1. The van der Waals surface area contributed by atoms with Crippen LogP contribution in [0.3, 0.4) is 0 Å². The van der Waals surface area contributed by atoms with Crippen LogP contribution in [0.1, 0.15) is 18.1 Å². The summed E-state index contributed by atoms with van der Waals surface area (Å²) >= 11 is 5.92. The molecule has 0 spiro atoms. The van der Waals surface area contributed by atoms with Crippen LogP contribution in [-0.2, 0) is 16.1 Å². The van der Waals surface area contributed by atoms with Crippen LogP contribution in [-0.4, -0.2) is 18.0 Å². The van der Waals surface area contributed by atoms with Crippen molar-refractivity contribution in [3.8, 4) is 0 Å². The Morgan fingerprint density at radius 1 is 1.17 bits per heavy atom. The van der Waals surface area contributed by atoms with Gasteiger partial charge in [-0.15, -0.1) is 0 Å². The molecule has 0 saturated carbocycles. The van der Waals surface area contributed by atoms with Crippen LogP contribution in [0.5, 0.6) is 0 Å². The Balaban J connectivity index is 1.84. The first kappa shape index (κ1) is 17.8. The van der Waals surface area contributed by atoms with Gasteiger partial charge in [0.15, 0.2) is 0 Å². The number of halogens is 1. The quantitative estimate of drug-likeness (QED) is 0.862. The molecule has 0 unspecified atom stereocenters. The normalized spacial score (nSPS) is 11.5. The van der Waals surface area contributed by atoms with Gasteiger partial charge in [0.2, 0.25) is 5.91 Å². The first-order valence-corrected chi connectivity index (χ1v) is 7.87. The number of anilines is 1. The summed E-state index contributed by atoms with van der Waals surface area (Å²) in [6.07, 6.45) is -0.649. The monoisotopic (exact) mass is 346 g/mol. The molecule has 0 aliphatic rings. The lowest BCUT2D eigenvalue weighted by molar-refractivity contribution is -0.117.